The summed E-state index contributed by atoms with van der Waals surface area (Å²) in [5, 5.41) is 10.5. The van der Waals surface area contributed by atoms with Crippen molar-refractivity contribution in [2.24, 2.45) is 0 Å². The molecule has 2 heterocycles. The number of para-hydroxylation sites is 1. The van der Waals surface area contributed by atoms with Gasteiger partial charge in [0.25, 0.3) is 0 Å². The third kappa shape index (κ3) is 5.82. The van der Waals surface area contributed by atoms with E-state index < -0.39 is 35.1 Å². The molecule has 2 aromatic carbocycles. The van der Waals surface area contributed by atoms with Crippen molar-refractivity contribution in [2.75, 3.05) is 11.1 Å². The van der Waals surface area contributed by atoms with Crippen molar-refractivity contribution in [3.63, 3.8) is 0 Å². The molecule has 1 amide bonds. The summed E-state index contributed by atoms with van der Waals surface area (Å²) in [6.45, 7) is 0. The monoisotopic (exact) mass is 524 g/mol. The van der Waals surface area contributed by atoms with Crippen LogP contribution in [0.5, 0.6) is 0 Å². The van der Waals surface area contributed by atoms with Crippen molar-refractivity contribution in [1.82, 2.24) is 24.7 Å². The van der Waals surface area contributed by atoms with Crippen LogP contribution in [0, 0.1) is 0 Å². The summed E-state index contributed by atoms with van der Waals surface area (Å²) in [5.74, 6) is -0.885. The Kier molecular flexibility index (Phi) is 6.97. The molecule has 0 fully saturated rings. The van der Waals surface area contributed by atoms with Crippen LogP contribution in [0.3, 0.4) is 0 Å². The second-order valence-corrected chi connectivity index (χ2v) is 8.14. The fraction of sp³-hybridized carbons (Fsp3) is 0.136. The van der Waals surface area contributed by atoms with Crippen molar-refractivity contribution in [2.45, 2.75) is 17.5 Å². The molecule has 4 aromatic rings. The number of anilines is 1. The summed E-state index contributed by atoms with van der Waals surface area (Å²) in [4.78, 5) is 20.7. The molecule has 4 rings (SSSR count). The zero-order valence-electron chi connectivity index (χ0n) is 17.9. The topological polar surface area (TPSA) is 85.6 Å². The minimum absolute atomic E-state index is 0.0132. The normalized spacial score (nSPS) is 11.9. The molecule has 0 aliphatic carbocycles. The number of benzene rings is 2. The maximum Gasteiger partial charge on any atom is 0.416 e. The Morgan fingerprint density at radius 3 is 2.17 bits per heavy atom. The van der Waals surface area contributed by atoms with Gasteiger partial charge in [-0.1, -0.05) is 30.0 Å². The number of hydrogen-bond acceptors (Lipinski definition) is 6. The molecule has 14 heteroatoms. The van der Waals surface area contributed by atoms with Gasteiger partial charge >= 0.3 is 12.4 Å². The van der Waals surface area contributed by atoms with Gasteiger partial charge in [-0.2, -0.15) is 26.3 Å². The maximum atomic E-state index is 13.1. The highest BCUT2D eigenvalue weighted by atomic mass is 32.2. The largest absolute Gasteiger partial charge is 0.416 e. The molecule has 0 spiro atoms. The lowest BCUT2D eigenvalue weighted by atomic mass is 10.1. The Hall–Kier alpha value is -3.94. The molecule has 36 heavy (non-hydrogen) atoms. The second kappa shape index (κ2) is 9.97. The lowest BCUT2D eigenvalue weighted by molar-refractivity contribution is -0.143. The van der Waals surface area contributed by atoms with Crippen molar-refractivity contribution < 1.29 is 31.1 Å². The fourth-order valence-electron chi connectivity index (χ4n) is 3.11. The van der Waals surface area contributed by atoms with Crippen molar-refractivity contribution in [1.29, 1.82) is 0 Å². The zero-order valence-corrected chi connectivity index (χ0v) is 18.7. The van der Waals surface area contributed by atoms with E-state index in [1.807, 2.05) is 0 Å². The summed E-state index contributed by atoms with van der Waals surface area (Å²) in [7, 11) is 0. The molecule has 2 aromatic heterocycles. The number of alkyl halides is 6. The number of hydrogen-bond donors (Lipinski definition) is 1. The standard InChI is InChI=1S/C22H14F6N6OS/c23-21(24,25)13-8-14(22(26,27)28)10-15(9-13)31-18(35)12-36-20-33-32-19(17-11-29-6-7-30-17)34(20)16-4-2-1-3-5-16/h1-11H,12H2,(H,31,35). The Balaban J connectivity index is 1.58. The number of carbonyl (C=O) groups excluding carboxylic acids is 1. The number of aromatic nitrogens is 5. The number of nitrogens with one attached hydrogen (secondary N) is 1. The van der Waals surface area contributed by atoms with Crippen LogP contribution in [0.1, 0.15) is 11.1 Å². The number of carbonyl (C=O) groups is 1. The summed E-state index contributed by atoms with van der Waals surface area (Å²) in [6.07, 6.45) is -5.65. The van der Waals surface area contributed by atoms with E-state index in [0.29, 0.717) is 29.3 Å². The predicted octanol–water partition coefficient (Wildman–Crippen LogP) is 5.49. The molecule has 0 saturated heterocycles. The molecule has 0 atom stereocenters. The van der Waals surface area contributed by atoms with Gasteiger partial charge in [-0.25, -0.2) is 4.98 Å². The van der Waals surface area contributed by atoms with E-state index in [-0.39, 0.29) is 17.0 Å². The molecule has 1 N–H and O–H groups in total. The minimum atomic E-state index is -5.03. The Labute approximate surface area is 203 Å². The van der Waals surface area contributed by atoms with Crippen LogP contribution in [-0.4, -0.2) is 36.4 Å². The number of halogens is 6. The Morgan fingerprint density at radius 1 is 0.917 bits per heavy atom. The van der Waals surface area contributed by atoms with E-state index >= 15 is 0 Å². The van der Waals surface area contributed by atoms with Gasteiger partial charge in [0, 0.05) is 23.8 Å². The molecule has 0 unspecified atom stereocenters. The number of thioether (sulfide) groups is 1. The first-order valence-corrected chi connectivity index (χ1v) is 11.0. The highest BCUT2D eigenvalue weighted by Crippen LogP contribution is 2.37. The lowest BCUT2D eigenvalue weighted by Crippen LogP contribution is -2.17. The van der Waals surface area contributed by atoms with E-state index in [9.17, 15) is 31.1 Å². The van der Waals surface area contributed by atoms with E-state index in [4.69, 9.17) is 0 Å². The van der Waals surface area contributed by atoms with Crippen LogP contribution in [-0.2, 0) is 17.1 Å². The Morgan fingerprint density at radius 2 is 1.58 bits per heavy atom. The van der Waals surface area contributed by atoms with Gasteiger partial charge in [0.15, 0.2) is 11.0 Å². The first-order chi connectivity index (χ1) is 17.0. The van der Waals surface area contributed by atoms with Gasteiger partial charge in [0.1, 0.15) is 5.69 Å². The summed E-state index contributed by atoms with van der Waals surface area (Å²) in [6, 6.07) is 9.71. The van der Waals surface area contributed by atoms with Crippen LogP contribution in [0.15, 0.2) is 72.3 Å². The predicted molar refractivity (Wildman–Crippen MR) is 118 cm³/mol. The SMILES string of the molecule is O=C(CSc1nnc(-c2cnccn2)n1-c1ccccc1)Nc1cc(C(F)(F)F)cc(C(F)(F)F)c1. The quantitative estimate of drug-likeness (QED) is 0.265. The third-order valence-corrected chi connectivity index (χ3v) is 5.57. The molecular weight excluding hydrogens is 510 g/mol. The molecule has 0 bridgehead atoms. The third-order valence-electron chi connectivity index (χ3n) is 4.64. The lowest BCUT2D eigenvalue weighted by Gasteiger charge is -2.15. The Bertz CT molecular complexity index is 1330. The zero-order chi connectivity index (χ0) is 25.9. The van der Waals surface area contributed by atoms with Gasteiger partial charge in [0.05, 0.1) is 23.1 Å². The molecule has 0 radical (unpaired) electrons. The van der Waals surface area contributed by atoms with Gasteiger partial charge in [0.2, 0.25) is 5.91 Å². The van der Waals surface area contributed by atoms with Crippen LogP contribution in [0.2, 0.25) is 0 Å². The van der Waals surface area contributed by atoms with Crippen LogP contribution in [0.4, 0.5) is 32.0 Å². The molecule has 0 aliphatic heterocycles. The average molecular weight is 524 g/mol. The molecule has 0 saturated carbocycles. The van der Waals surface area contributed by atoms with Gasteiger partial charge in [-0.3, -0.25) is 14.3 Å². The number of nitrogens with zero attached hydrogens (tertiary/aromatic N) is 5. The maximum absolute atomic E-state index is 13.1. The molecule has 0 aliphatic rings. The van der Waals surface area contributed by atoms with Crippen molar-refractivity contribution in [3.8, 4) is 17.2 Å². The number of rotatable bonds is 6. The summed E-state index contributed by atoms with van der Waals surface area (Å²) in [5.41, 5.74) is -2.66. The van der Waals surface area contributed by atoms with Crippen molar-refractivity contribution >= 4 is 23.4 Å². The van der Waals surface area contributed by atoms with Gasteiger partial charge < -0.3 is 5.32 Å². The van der Waals surface area contributed by atoms with Gasteiger partial charge in [-0.05, 0) is 30.3 Å². The molecular formula is C22H14F6N6OS. The first-order valence-electron chi connectivity index (χ1n) is 10.0. The highest BCUT2D eigenvalue weighted by molar-refractivity contribution is 7.99. The average Bonchev–Trinajstić information content (AvgIpc) is 3.26. The number of amides is 1. The van der Waals surface area contributed by atoms with Crippen molar-refractivity contribution in [3.05, 3.63) is 78.2 Å². The highest BCUT2D eigenvalue weighted by Gasteiger charge is 2.37. The smallest absolute Gasteiger partial charge is 0.325 e. The first kappa shape index (κ1) is 25.2. The summed E-state index contributed by atoms with van der Waals surface area (Å²) < 4.78 is 80.1. The fourth-order valence-corrected chi connectivity index (χ4v) is 3.86. The molecule has 186 valence electrons. The van der Waals surface area contributed by atoms with Crippen LogP contribution >= 0.6 is 11.8 Å². The second-order valence-electron chi connectivity index (χ2n) is 7.20. The van der Waals surface area contributed by atoms with Crippen LogP contribution < -0.4 is 5.32 Å². The van der Waals surface area contributed by atoms with E-state index in [1.165, 1.54) is 18.6 Å². The molecule has 7 nitrogen and oxygen atoms in total. The van der Waals surface area contributed by atoms with E-state index in [2.05, 4.69) is 25.5 Å². The van der Waals surface area contributed by atoms with Gasteiger partial charge in [-0.15, -0.1) is 10.2 Å². The van der Waals surface area contributed by atoms with E-state index in [1.54, 1.807) is 34.9 Å². The minimum Gasteiger partial charge on any atom is -0.325 e. The van der Waals surface area contributed by atoms with Crippen LogP contribution in [0.25, 0.3) is 17.2 Å². The summed E-state index contributed by atoms with van der Waals surface area (Å²) >= 11 is 0.889. The van der Waals surface area contributed by atoms with E-state index in [0.717, 1.165) is 11.8 Å².